The quantitative estimate of drug-likeness (QED) is 0.510. The summed E-state index contributed by atoms with van der Waals surface area (Å²) in [6.07, 6.45) is 1.18. The monoisotopic (exact) mass is 455 g/mol. The van der Waals surface area contributed by atoms with E-state index in [4.69, 9.17) is 4.74 Å². The van der Waals surface area contributed by atoms with Crippen molar-refractivity contribution in [3.05, 3.63) is 82.4 Å². The number of carbonyl (C=O) groups excluding carboxylic acids is 1. The van der Waals surface area contributed by atoms with Gasteiger partial charge in [-0.15, -0.1) is 0 Å². The van der Waals surface area contributed by atoms with Crippen LogP contribution in [0.4, 0.5) is 5.69 Å². The van der Waals surface area contributed by atoms with Gasteiger partial charge in [0.25, 0.3) is 0 Å². The Labute approximate surface area is 198 Å². The largest absolute Gasteiger partial charge is 0.496 e. The lowest BCUT2D eigenvalue weighted by Gasteiger charge is -2.42. The fourth-order valence-electron chi connectivity index (χ4n) is 4.89. The summed E-state index contributed by atoms with van der Waals surface area (Å²) < 4.78 is 5.70. The van der Waals surface area contributed by atoms with Crippen molar-refractivity contribution in [3.8, 4) is 11.8 Å². The van der Waals surface area contributed by atoms with E-state index in [1.54, 1.807) is 23.8 Å². The van der Waals surface area contributed by atoms with Crippen molar-refractivity contribution in [1.82, 2.24) is 4.90 Å². The predicted molar refractivity (Wildman–Crippen MR) is 133 cm³/mol. The van der Waals surface area contributed by atoms with Gasteiger partial charge in [0, 0.05) is 23.6 Å². The third-order valence-electron chi connectivity index (χ3n) is 6.51. The number of thioether (sulfide) groups is 1. The highest BCUT2D eigenvalue weighted by molar-refractivity contribution is 8.03. The fourth-order valence-corrected chi connectivity index (χ4v) is 6.05. The smallest absolute Gasteiger partial charge is 0.229 e. The zero-order chi connectivity index (χ0) is 22.9. The maximum absolute atomic E-state index is 13.4. The summed E-state index contributed by atoms with van der Waals surface area (Å²) in [7, 11) is 1.64. The van der Waals surface area contributed by atoms with Crippen LogP contribution in [0.15, 0.2) is 71.3 Å². The second kappa shape index (κ2) is 8.84. The number of para-hydroxylation sites is 1. The molecular weight excluding hydrogens is 430 g/mol. The van der Waals surface area contributed by atoms with Crippen LogP contribution in [-0.4, -0.2) is 30.5 Å². The molecule has 2 aliphatic rings. The molecule has 3 aromatic carbocycles. The zero-order valence-electron chi connectivity index (χ0n) is 18.7. The van der Waals surface area contributed by atoms with Crippen molar-refractivity contribution in [3.63, 3.8) is 0 Å². The number of carbonyl (C=O) groups is 1. The number of fused-ring (bicyclic) bond motifs is 2. The van der Waals surface area contributed by atoms with Crippen molar-refractivity contribution in [1.29, 1.82) is 5.26 Å². The van der Waals surface area contributed by atoms with E-state index in [0.717, 1.165) is 33.5 Å². The van der Waals surface area contributed by atoms with Gasteiger partial charge in [-0.2, -0.15) is 5.26 Å². The average Bonchev–Trinajstić information content (AvgIpc) is 2.87. The molecule has 33 heavy (non-hydrogen) atoms. The molecule has 0 unspecified atom stereocenters. The molecule has 0 aliphatic carbocycles. The van der Waals surface area contributed by atoms with Gasteiger partial charge >= 0.3 is 0 Å². The molecule has 1 atom stereocenters. The van der Waals surface area contributed by atoms with Gasteiger partial charge in [0.2, 0.25) is 5.91 Å². The van der Waals surface area contributed by atoms with Crippen molar-refractivity contribution < 1.29 is 9.53 Å². The van der Waals surface area contributed by atoms with Gasteiger partial charge in [0.15, 0.2) is 0 Å². The number of nitriles is 1. The van der Waals surface area contributed by atoms with Gasteiger partial charge < -0.3 is 9.64 Å². The van der Waals surface area contributed by atoms with E-state index in [1.807, 2.05) is 48.5 Å². The van der Waals surface area contributed by atoms with Gasteiger partial charge in [-0.1, -0.05) is 67.2 Å². The lowest BCUT2D eigenvalue weighted by atomic mass is 9.83. The fraction of sp³-hybridized carbons (Fsp3) is 0.259. The van der Waals surface area contributed by atoms with Crippen LogP contribution in [-0.2, 0) is 11.2 Å². The number of nitrogens with zero attached hydrogens (tertiary/aromatic N) is 3. The number of ether oxygens (including phenoxy) is 1. The number of allylic oxidation sites excluding steroid dienone is 1. The second-order valence-corrected chi connectivity index (χ2v) is 9.18. The summed E-state index contributed by atoms with van der Waals surface area (Å²) in [5.41, 5.74) is 3.98. The molecule has 0 N–H and O–H groups in total. The molecule has 0 aromatic heterocycles. The molecule has 5 nitrogen and oxygen atoms in total. The van der Waals surface area contributed by atoms with Crippen LogP contribution in [0.5, 0.6) is 5.75 Å². The molecule has 1 fully saturated rings. The molecule has 0 saturated carbocycles. The lowest BCUT2D eigenvalue weighted by Crippen LogP contribution is -2.47. The third kappa shape index (κ3) is 3.63. The minimum absolute atomic E-state index is 0.0372. The summed E-state index contributed by atoms with van der Waals surface area (Å²) in [6, 6.07) is 22.8. The SMILES string of the molecule is CCc1ccccc1N1CSC2=C(C#N)[C@H](c3c(OC)ccc4ccccc34)CC(=O)N2C1. The Bertz CT molecular complexity index is 1310. The molecule has 0 spiro atoms. The van der Waals surface area contributed by atoms with Crippen LogP contribution in [0.25, 0.3) is 10.8 Å². The normalized spacial score (nSPS) is 18.3. The molecular formula is C27H25N3O2S. The highest BCUT2D eigenvalue weighted by Crippen LogP contribution is 2.47. The Balaban J connectivity index is 1.58. The number of aryl methyl sites for hydroxylation is 1. The summed E-state index contributed by atoms with van der Waals surface area (Å²) in [5.74, 6) is 1.13. The molecule has 2 heterocycles. The topological polar surface area (TPSA) is 56.6 Å². The Hall–Kier alpha value is -3.43. The Morgan fingerprint density at radius 2 is 1.91 bits per heavy atom. The van der Waals surface area contributed by atoms with Crippen molar-refractivity contribution in [2.75, 3.05) is 24.6 Å². The van der Waals surface area contributed by atoms with E-state index in [-0.39, 0.29) is 18.2 Å². The summed E-state index contributed by atoms with van der Waals surface area (Å²) in [6.45, 7) is 2.60. The second-order valence-electron chi connectivity index (χ2n) is 8.25. The van der Waals surface area contributed by atoms with Crippen LogP contribution >= 0.6 is 11.8 Å². The Morgan fingerprint density at radius 1 is 1.12 bits per heavy atom. The number of amides is 1. The first kappa shape index (κ1) is 21.4. The number of hydrogen-bond acceptors (Lipinski definition) is 5. The minimum Gasteiger partial charge on any atom is -0.496 e. The van der Waals surface area contributed by atoms with E-state index in [0.29, 0.717) is 23.9 Å². The highest BCUT2D eigenvalue weighted by atomic mass is 32.2. The first-order chi connectivity index (χ1) is 16.2. The highest BCUT2D eigenvalue weighted by Gasteiger charge is 2.40. The van der Waals surface area contributed by atoms with Crippen LogP contribution < -0.4 is 9.64 Å². The summed E-state index contributed by atoms with van der Waals surface area (Å²) >= 11 is 1.57. The lowest BCUT2D eigenvalue weighted by molar-refractivity contribution is -0.129. The van der Waals surface area contributed by atoms with E-state index >= 15 is 0 Å². The van der Waals surface area contributed by atoms with Gasteiger partial charge in [-0.05, 0) is 34.9 Å². The van der Waals surface area contributed by atoms with Crippen molar-refractivity contribution in [2.24, 2.45) is 0 Å². The van der Waals surface area contributed by atoms with E-state index in [9.17, 15) is 10.1 Å². The average molecular weight is 456 g/mol. The van der Waals surface area contributed by atoms with E-state index in [1.165, 1.54) is 5.56 Å². The summed E-state index contributed by atoms with van der Waals surface area (Å²) in [4.78, 5) is 17.4. The maximum Gasteiger partial charge on any atom is 0.229 e. The molecule has 166 valence electrons. The van der Waals surface area contributed by atoms with E-state index in [2.05, 4.69) is 30.0 Å². The molecule has 5 rings (SSSR count). The summed E-state index contributed by atoms with van der Waals surface area (Å²) in [5, 5.41) is 13.1. The standard InChI is InChI=1S/C27H25N3O2S/c1-3-18-8-5-7-11-23(18)29-16-30-25(31)14-21(22(15-28)27(30)33-17-29)26-20-10-6-4-9-19(20)12-13-24(26)32-2/h4-13,21H,3,14,16-17H2,1-2H3/t21-/m1/s1. The van der Waals surface area contributed by atoms with Gasteiger partial charge in [0.05, 0.1) is 36.3 Å². The van der Waals surface area contributed by atoms with Crippen LogP contribution in [0.3, 0.4) is 0 Å². The van der Waals surface area contributed by atoms with Crippen LogP contribution in [0, 0.1) is 11.3 Å². The van der Waals surface area contributed by atoms with Crippen molar-refractivity contribution in [2.45, 2.75) is 25.7 Å². The Morgan fingerprint density at radius 3 is 2.70 bits per heavy atom. The molecule has 0 bridgehead atoms. The van der Waals surface area contributed by atoms with Crippen LogP contribution in [0.1, 0.15) is 30.4 Å². The van der Waals surface area contributed by atoms with Crippen LogP contribution in [0.2, 0.25) is 0 Å². The predicted octanol–water partition coefficient (Wildman–Crippen LogP) is 5.63. The number of methoxy groups -OCH3 is 1. The van der Waals surface area contributed by atoms with Crippen molar-refractivity contribution >= 4 is 34.1 Å². The molecule has 0 radical (unpaired) electrons. The molecule has 2 aliphatic heterocycles. The molecule has 6 heteroatoms. The first-order valence-electron chi connectivity index (χ1n) is 11.1. The zero-order valence-corrected chi connectivity index (χ0v) is 19.6. The number of anilines is 1. The number of rotatable bonds is 4. The molecule has 3 aromatic rings. The number of benzene rings is 3. The number of hydrogen-bond donors (Lipinski definition) is 0. The van der Waals surface area contributed by atoms with Gasteiger partial charge in [-0.3, -0.25) is 9.69 Å². The maximum atomic E-state index is 13.4. The Kier molecular flexibility index (Phi) is 5.74. The van der Waals surface area contributed by atoms with Gasteiger partial charge in [-0.25, -0.2) is 0 Å². The first-order valence-corrected chi connectivity index (χ1v) is 12.1. The van der Waals surface area contributed by atoms with Gasteiger partial charge in [0.1, 0.15) is 5.75 Å². The molecule has 1 amide bonds. The van der Waals surface area contributed by atoms with E-state index < -0.39 is 0 Å². The molecule has 1 saturated heterocycles. The minimum atomic E-state index is -0.322. The third-order valence-corrected chi connectivity index (χ3v) is 7.66.